The van der Waals surface area contributed by atoms with Gasteiger partial charge in [0, 0.05) is 31.1 Å². The minimum absolute atomic E-state index is 0.0501. The van der Waals surface area contributed by atoms with Gasteiger partial charge in [0.25, 0.3) is 0 Å². The van der Waals surface area contributed by atoms with Gasteiger partial charge in [-0.25, -0.2) is 4.79 Å². The second kappa shape index (κ2) is 18.1. The van der Waals surface area contributed by atoms with Gasteiger partial charge in [0.15, 0.2) is 0 Å². The van der Waals surface area contributed by atoms with E-state index in [0.29, 0.717) is 29.6 Å². The molecule has 1 aromatic carbocycles. The number of alkyl carbamates (subject to hydrolysis) is 1. The normalized spacial score (nSPS) is 31.4. The summed E-state index contributed by atoms with van der Waals surface area (Å²) in [4.78, 5) is 26.8. The predicted octanol–water partition coefficient (Wildman–Crippen LogP) is 10.0. The summed E-state index contributed by atoms with van der Waals surface area (Å²) in [5.41, 5.74) is 1.90. The number of amides is 1. The molecule has 5 rings (SSSR count). The molecule has 0 saturated heterocycles. The number of rotatable bonds is 13. The minimum Gasteiger partial charge on any atom is -0.461 e. The van der Waals surface area contributed by atoms with Crippen LogP contribution in [0.5, 0.6) is 0 Å². The fourth-order valence-electron chi connectivity index (χ4n) is 11.2. The lowest BCUT2D eigenvalue weighted by molar-refractivity contribution is -0.161. The fraction of sp³-hybridized carbons (Fsp3) is 0.733. The summed E-state index contributed by atoms with van der Waals surface area (Å²) in [5.74, 6) is 14.2. The number of carbonyl (C=O) groups is 2. The quantitative estimate of drug-likeness (QED) is 0.0962. The van der Waals surface area contributed by atoms with E-state index in [1.54, 1.807) is 0 Å². The van der Waals surface area contributed by atoms with Gasteiger partial charge in [0.1, 0.15) is 12.6 Å². The molecule has 1 N–H and O–H groups in total. The van der Waals surface area contributed by atoms with Crippen LogP contribution in [-0.4, -0.2) is 38.4 Å². The second-order valence-corrected chi connectivity index (χ2v) is 17.5. The number of ether oxygens (including phenoxy) is 2. The molecule has 280 valence electrons. The summed E-state index contributed by atoms with van der Waals surface area (Å²) in [6.07, 6.45) is 17.0. The van der Waals surface area contributed by atoms with Crippen LogP contribution in [0.25, 0.3) is 0 Å². The van der Waals surface area contributed by atoms with E-state index >= 15 is 0 Å². The molecule has 1 unspecified atom stereocenters. The monoisotopic (exact) mass is 699 g/mol. The van der Waals surface area contributed by atoms with Crippen molar-refractivity contribution in [2.45, 2.75) is 137 Å². The van der Waals surface area contributed by atoms with Gasteiger partial charge in [-0.15, -0.1) is 0 Å². The van der Waals surface area contributed by atoms with Gasteiger partial charge >= 0.3 is 12.1 Å². The number of hydrogen-bond donors (Lipinski definition) is 1. The Hall–Kier alpha value is -3.12. The number of carbonyl (C=O) groups excluding carboxylic acids is 2. The SMILES string of the molecule is CC(C)CCC[C@@H](C)[C@H]1CC[C@H]2[C@@H]3CC[C@H]4CC(OC(=O)CNC(=O)OCCCCC#CC#CN(C)c5ccccc5)CC[C@]4(C)[C@H]3CC[C@]12C. The standard InChI is InChI=1S/C45H66N2O4/c1-33(2)17-16-18-34(3)39-23-24-40-38-22-21-35-31-37(25-27-44(35,4)41(38)26-28-45(39,40)5)51-42(48)32-46-43(49)50-30-15-10-8-7-9-14-29-47(6)36-19-12-11-13-20-36/h11-13,19-20,33-35,37-41H,8,10,15-18,21-28,30-32H2,1-6H3,(H,46,49)/t34-,35+,37?,38+,39-,40+,41+,44+,45-/m1/s1. The van der Waals surface area contributed by atoms with Gasteiger partial charge in [-0.1, -0.05) is 78.0 Å². The van der Waals surface area contributed by atoms with Crippen molar-refractivity contribution < 1.29 is 19.1 Å². The number of benzene rings is 1. The first-order valence-corrected chi connectivity index (χ1v) is 20.4. The maximum atomic E-state index is 12.7. The molecule has 4 saturated carbocycles. The Morgan fingerprint density at radius 1 is 0.902 bits per heavy atom. The van der Waals surface area contributed by atoms with Crippen LogP contribution in [0.3, 0.4) is 0 Å². The number of nitrogens with one attached hydrogen (secondary N) is 1. The van der Waals surface area contributed by atoms with Gasteiger partial charge in [0.2, 0.25) is 0 Å². The van der Waals surface area contributed by atoms with Crippen molar-refractivity contribution in [3.05, 3.63) is 30.3 Å². The molecule has 0 spiro atoms. The summed E-state index contributed by atoms with van der Waals surface area (Å²) in [5, 5.41) is 2.58. The summed E-state index contributed by atoms with van der Waals surface area (Å²) in [7, 11) is 1.91. The van der Waals surface area contributed by atoms with Gasteiger partial charge < -0.3 is 19.7 Å². The third-order valence-electron chi connectivity index (χ3n) is 13.9. The second-order valence-electron chi connectivity index (χ2n) is 17.5. The van der Waals surface area contributed by atoms with E-state index < -0.39 is 6.09 Å². The number of esters is 1. The van der Waals surface area contributed by atoms with Crippen molar-refractivity contribution in [3.8, 4) is 23.8 Å². The predicted molar refractivity (Wildman–Crippen MR) is 207 cm³/mol. The van der Waals surface area contributed by atoms with E-state index in [0.717, 1.165) is 66.9 Å². The zero-order chi connectivity index (χ0) is 36.4. The Bertz CT molecular complexity index is 1420. The van der Waals surface area contributed by atoms with Crippen molar-refractivity contribution in [2.24, 2.45) is 52.3 Å². The molecule has 1 amide bonds. The van der Waals surface area contributed by atoms with Gasteiger partial charge in [-0.2, -0.15) is 0 Å². The smallest absolute Gasteiger partial charge is 0.407 e. The first kappa shape index (κ1) is 39.1. The van der Waals surface area contributed by atoms with Crippen molar-refractivity contribution in [1.82, 2.24) is 5.32 Å². The number of hydrogen-bond acceptors (Lipinski definition) is 5. The average molecular weight is 699 g/mol. The van der Waals surface area contributed by atoms with E-state index in [1.807, 2.05) is 42.3 Å². The van der Waals surface area contributed by atoms with Crippen molar-refractivity contribution in [2.75, 3.05) is 25.1 Å². The lowest BCUT2D eigenvalue weighted by Gasteiger charge is -2.61. The van der Waals surface area contributed by atoms with Crippen LogP contribution in [0.2, 0.25) is 0 Å². The highest BCUT2D eigenvalue weighted by Gasteiger charge is 2.60. The molecule has 0 radical (unpaired) electrons. The van der Waals surface area contributed by atoms with E-state index in [4.69, 9.17) is 9.47 Å². The molecule has 9 atom stereocenters. The third-order valence-corrected chi connectivity index (χ3v) is 13.9. The Balaban J connectivity index is 0.974. The highest BCUT2D eigenvalue weighted by molar-refractivity contribution is 5.78. The minimum atomic E-state index is -0.578. The average Bonchev–Trinajstić information content (AvgIpc) is 3.47. The summed E-state index contributed by atoms with van der Waals surface area (Å²) in [6.45, 7) is 12.7. The number of para-hydroxylation sites is 1. The number of nitrogens with zero attached hydrogens (tertiary/aromatic N) is 1. The number of anilines is 1. The molecule has 51 heavy (non-hydrogen) atoms. The van der Waals surface area contributed by atoms with E-state index in [9.17, 15) is 9.59 Å². The molecule has 0 bridgehead atoms. The zero-order valence-electron chi connectivity index (χ0n) is 32.6. The molecule has 1 aromatic rings. The molecular weight excluding hydrogens is 633 g/mol. The van der Waals surface area contributed by atoms with Crippen LogP contribution in [0.4, 0.5) is 10.5 Å². The van der Waals surface area contributed by atoms with E-state index in [-0.39, 0.29) is 25.2 Å². The highest BCUT2D eigenvalue weighted by atomic mass is 16.6. The summed E-state index contributed by atoms with van der Waals surface area (Å²) < 4.78 is 11.2. The number of unbranched alkanes of at least 4 members (excludes halogenated alkanes) is 2. The van der Waals surface area contributed by atoms with Crippen LogP contribution >= 0.6 is 0 Å². The van der Waals surface area contributed by atoms with Crippen LogP contribution in [-0.2, 0) is 14.3 Å². The molecule has 0 aromatic heterocycles. The van der Waals surface area contributed by atoms with Gasteiger partial charge in [0.05, 0.1) is 6.61 Å². The van der Waals surface area contributed by atoms with Gasteiger partial charge in [-0.05, 0) is 141 Å². The maximum Gasteiger partial charge on any atom is 0.407 e. The third kappa shape index (κ3) is 9.86. The summed E-state index contributed by atoms with van der Waals surface area (Å²) >= 11 is 0. The molecule has 0 aliphatic heterocycles. The van der Waals surface area contributed by atoms with Crippen molar-refractivity contribution in [3.63, 3.8) is 0 Å². The molecule has 4 fully saturated rings. The van der Waals surface area contributed by atoms with Crippen molar-refractivity contribution >= 4 is 17.7 Å². The largest absolute Gasteiger partial charge is 0.461 e. The van der Waals surface area contributed by atoms with E-state index in [2.05, 4.69) is 63.7 Å². The highest BCUT2D eigenvalue weighted by Crippen LogP contribution is 2.68. The lowest BCUT2D eigenvalue weighted by Crippen LogP contribution is -2.54. The molecular formula is C45H66N2O4. The summed E-state index contributed by atoms with van der Waals surface area (Å²) in [6, 6.07) is 12.9. The van der Waals surface area contributed by atoms with Crippen LogP contribution < -0.4 is 10.2 Å². The Labute approximate surface area is 309 Å². The van der Waals surface area contributed by atoms with Crippen LogP contribution in [0.15, 0.2) is 30.3 Å². The molecule has 0 heterocycles. The number of fused-ring (bicyclic) bond motifs is 5. The van der Waals surface area contributed by atoms with Crippen molar-refractivity contribution in [1.29, 1.82) is 0 Å². The Morgan fingerprint density at radius 2 is 1.67 bits per heavy atom. The molecule has 6 nitrogen and oxygen atoms in total. The maximum absolute atomic E-state index is 12.7. The molecule has 6 heteroatoms. The first-order chi connectivity index (χ1) is 24.5. The Kier molecular flexibility index (Phi) is 13.9. The lowest BCUT2D eigenvalue weighted by atomic mass is 9.44. The fourth-order valence-corrected chi connectivity index (χ4v) is 11.2. The van der Waals surface area contributed by atoms with Gasteiger partial charge in [-0.3, -0.25) is 4.79 Å². The first-order valence-electron chi connectivity index (χ1n) is 20.4. The van der Waals surface area contributed by atoms with Crippen LogP contribution in [0.1, 0.15) is 131 Å². The zero-order valence-corrected chi connectivity index (χ0v) is 32.6. The molecule has 4 aliphatic rings. The van der Waals surface area contributed by atoms with E-state index in [1.165, 1.54) is 57.8 Å². The molecule has 4 aliphatic carbocycles. The van der Waals surface area contributed by atoms with Crippen LogP contribution in [0, 0.1) is 76.1 Å². The Morgan fingerprint density at radius 3 is 2.45 bits per heavy atom. The topological polar surface area (TPSA) is 67.9 Å².